The molecule has 1 saturated carbocycles. The van der Waals surface area contributed by atoms with Crippen LogP contribution in [0.5, 0.6) is 0 Å². The van der Waals surface area contributed by atoms with E-state index < -0.39 is 4.70 Å². The Kier molecular flexibility index (Phi) is 5.69. The van der Waals surface area contributed by atoms with Crippen molar-refractivity contribution in [3.8, 4) is 0 Å². The number of hydrogen-bond acceptors (Lipinski definition) is 1. The van der Waals surface area contributed by atoms with Gasteiger partial charge in [0.05, 0.1) is 0 Å². The second-order valence-electron chi connectivity index (χ2n) is 3.48. The van der Waals surface area contributed by atoms with Gasteiger partial charge >= 0.3 is 4.70 Å². The van der Waals surface area contributed by atoms with Gasteiger partial charge in [0, 0.05) is 0 Å². The molecule has 1 atom stereocenters. The zero-order valence-electron chi connectivity index (χ0n) is 7.28. The highest BCUT2D eigenvalue weighted by Gasteiger charge is 2.43. The summed E-state index contributed by atoms with van der Waals surface area (Å²) in [4.78, 5) is 8.98. The normalized spacial score (nSPS) is 22.5. The number of rotatable bonds is 1. The van der Waals surface area contributed by atoms with Gasteiger partial charge in [-0.25, -0.2) is 0 Å². The van der Waals surface area contributed by atoms with Crippen molar-refractivity contribution in [2.45, 2.75) is 20.3 Å². The zero-order valence-corrected chi connectivity index (χ0v) is 10.3. The van der Waals surface area contributed by atoms with Crippen LogP contribution in [0.4, 0.5) is 4.79 Å². The first-order valence-corrected chi connectivity index (χ1v) is 5.14. The van der Waals surface area contributed by atoms with Gasteiger partial charge < -0.3 is 0 Å². The fourth-order valence-electron chi connectivity index (χ4n) is 0.944. The van der Waals surface area contributed by atoms with E-state index in [1.807, 2.05) is 6.08 Å². The van der Waals surface area contributed by atoms with Crippen molar-refractivity contribution in [1.82, 2.24) is 0 Å². The molecule has 0 aromatic carbocycles. The van der Waals surface area contributed by atoms with Crippen LogP contribution in [0, 0.1) is 11.3 Å². The fraction of sp³-hybridized carbons (Fsp3) is 0.625. The Morgan fingerprint density at radius 1 is 1.31 bits per heavy atom. The lowest BCUT2D eigenvalue weighted by atomic mass is 10.1. The van der Waals surface area contributed by atoms with Gasteiger partial charge in [-0.3, -0.25) is 4.79 Å². The maximum absolute atomic E-state index is 8.98. The van der Waals surface area contributed by atoms with Crippen LogP contribution in [-0.2, 0) is 0 Å². The van der Waals surface area contributed by atoms with Crippen molar-refractivity contribution in [2.75, 3.05) is 0 Å². The van der Waals surface area contributed by atoms with Gasteiger partial charge in [-0.2, -0.15) is 0 Å². The van der Waals surface area contributed by atoms with Crippen LogP contribution in [0.25, 0.3) is 0 Å². The maximum atomic E-state index is 8.98. The van der Waals surface area contributed by atoms with E-state index in [0.29, 0.717) is 15.8 Å². The molecule has 0 aliphatic heterocycles. The summed E-state index contributed by atoms with van der Waals surface area (Å²) in [6.07, 6.45) is 3.14. The Hall–Kier alpha value is 0.570. The summed E-state index contributed by atoms with van der Waals surface area (Å²) in [5, 5.41) is 0. The van der Waals surface area contributed by atoms with Crippen LogP contribution in [0.15, 0.2) is 10.6 Å². The standard InChI is InChI=1S/C7H10Cl2.CCl2O/c1-7(2)4-5(7)3-6(8)9;2-1(3)4/h3,5H,4H2,1-2H3;. The van der Waals surface area contributed by atoms with E-state index in [9.17, 15) is 0 Å². The van der Waals surface area contributed by atoms with Crippen molar-refractivity contribution in [3.63, 3.8) is 0 Å². The van der Waals surface area contributed by atoms with Crippen LogP contribution < -0.4 is 0 Å². The lowest BCUT2D eigenvalue weighted by Gasteiger charge is -1.94. The molecular formula is C8H10Cl4O. The number of carbonyl (C=O) groups is 1. The predicted octanol–water partition coefficient (Wildman–Crippen LogP) is 4.94. The Morgan fingerprint density at radius 2 is 1.62 bits per heavy atom. The largest absolute Gasteiger partial charge is 0.313 e. The summed E-state index contributed by atoms with van der Waals surface area (Å²) < 4.78 is -0.481. The van der Waals surface area contributed by atoms with Crippen LogP contribution in [-0.4, -0.2) is 4.70 Å². The lowest BCUT2D eigenvalue weighted by molar-refractivity contribution is 0.275. The summed E-state index contributed by atoms with van der Waals surface area (Å²) in [5.41, 5.74) is 0.453. The average molecular weight is 264 g/mol. The van der Waals surface area contributed by atoms with Crippen LogP contribution in [0.1, 0.15) is 20.3 Å². The predicted molar refractivity (Wildman–Crippen MR) is 58.8 cm³/mol. The molecule has 1 unspecified atom stereocenters. The molecule has 0 aromatic rings. The Labute approximate surface area is 98.0 Å². The van der Waals surface area contributed by atoms with Crippen molar-refractivity contribution in [3.05, 3.63) is 10.6 Å². The van der Waals surface area contributed by atoms with Gasteiger partial charge in [0.2, 0.25) is 0 Å². The molecule has 0 bridgehead atoms. The molecule has 0 heterocycles. The topological polar surface area (TPSA) is 17.1 Å². The van der Waals surface area contributed by atoms with Crippen LogP contribution in [0.2, 0.25) is 0 Å². The molecule has 1 rings (SSSR count). The highest BCUT2D eigenvalue weighted by atomic mass is 35.5. The van der Waals surface area contributed by atoms with Gasteiger partial charge in [0.1, 0.15) is 4.49 Å². The second kappa shape index (κ2) is 5.45. The lowest BCUT2D eigenvalue weighted by Crippen LogP contribution is -1.85. The summed E-state index contributed by atoms with van der Waals surface area (Å²) >= 11 is 19.7. The molecule has 0 radical (unpaired) electrons. The minimum Gasteiger partial charge on any atom is -0.262 e. The van der Waals surface area contributed by atoms with Crippen molar-refractivity contribution in [1.29, 1.82) is 0 Å². The van der Waals surface area contributed by atoms with Crippen molar-refractivity contribution < 1.29 is 4.79 Å². The minimum atomic E-state index is -0.889. The van der Waals surface area contributed by atoms with E-state index in [4.69, 9.17) is 28.0 Å². The average Bonchev–Trinajstić information content (AvgIpc) is 2.34. The summed E-state index contributed by atoms with van der Waals surface area (Å²) in [5.74, 6) is 0.613. The molecule has 5 heteroatoms. The third-order valence-corrected chi connectivity index (χ3v) is 2.17. The molecule has 76 valence electrons. The molecule has 0 saturated heterocycles. The third-order valence-electron chi connectivity index (χ3n) is 1.92. The summed E-state index contributed by atoms with van der Waals surface area (Å²) in [6.45, 7) is 4.43. The molecule has 1 aliphatic carbocycles. The van der Waals surface area contributed by atoms with E-state index in [1.54, 1.807) is 0 Å². The molecule has 0 spiro atoms. The molecule has 0 N–H and O–H groups in total. The Balaban J connectivity index is 0.000000310. The molecule has 13 heavy (non-hydrogen) atoms. The third kappa shape index (κ3) is 7.63. The Bertz CT molecular complexity index is 214. The van der Waals surface area contributed by atoms with E-state index in [2.05, 4.69) is 37.0 Å². The SMILES string of the molecule is CC1(C)CC1C=C(Cl)Cl.O=C(Cl)Cl. The summed E-state index contributed by atoms with van der Waals surface area (Å²) in [6, 6.07) is 0. The quantitative estimate of drug-likeness (QED) is 0.613. The number of allylic oxidation sites excluding steroid dienone is 1. The molecule has 1 fully saturated rings. The van der Waals surface area contributed by atoms with E-state index in [-0.39, 0.29) is 0 Å². The van der Waals surface area contributed by atoms with Gasteiger partial charge in [0.25, 0.3) is 0 Å². The molecule has 0 aromatic heterocycles. The number of halogens is 4. The monoisotopic (exact) mass is 262 g/mol. The number of hydrogen-bond donors (Lipinski definition) is 0. The highest BCUT2D eigenvalue weighted by Crippen LogP contribution is 2.53. The first-order valence-electron chi connectivity index (χ1n) is 3.63. The molecule has 1 aliphatic rings. The maximum Gasteiger partial charge on any atom is 0.313 e. The van der Waals surface area contributed by atoms with Gasteiger partial charge in [-0.15, -0.1) is 0 Å². The van der Waals surface area contributed by atoms with E-state index in [1.165, 1.54) is 6.42 Å². The van der Waals surface area contributed by atoms with E-state index in [0.717, 1.165) is 0 Å². The van der Waals surface area contributed by atoms with Crippen LogP contribution in [0.3, 0.4) is 0 Å². The first-order chi connectivity index (χ1) is 5.75. The highest BCUT2D eigenvalue weighted by molar-refractivity contribution is 6.93. The zero-order chi connectivity index (χ0) is 10.6. The van der Waals surface area contributed by atoms with Crippen molar-refractivity contribution >= 4 is 51.1 Å². The summed E-state index contributed by atoms with van der Waals surface area (Å²) in [7, 11) is 0. The molecule has 1 nitrogen and oxygen atoms in total. The number of carbonyl (C=O) groups excluding carboxylic acids is 1. The smallest absolute Gasteiger partial charge is 0.262 e. The van der Waals surface area contributed by atoms with Gasteiger partial charge in [-0.1, -0.05) is 43.1 Å². The minimum absolute atomic E-state index is 0.408. The fourth-order valence-corrected chi connectivity index (χ4v) is 1.25. The molecule has 0 amide bonds. The first kappa shape index (κ1) is 13.6. The van der Waals surface area contributed by atoms with Crippen LogP contribution >= 0.6 is 46.4 Å². The Morgan fingerprint density at radius 3 is 1.69 bits per heavy atom. The van der Waals surface area contributed by atoms with E-state index >= 15 is 0 Å². The van der Waals surface area contributed by atoms with Crippen molar-refractivity contribution in [2.24, 2.45) is 11.3 Å². The second-order valence-corrected chi connectivity index (χ2v) is 5.37. The molecular weight excluding hydrogens is 254 g/mol. The van der Waals surface area contributed by atoms with Gasteiger partial charge in [0.15, 0.2) is 0 Å². The van der Waals surface area contributed by atoms with Gasteiger partial charge in [-0.05, 0) is 41.0 Å².